The van der Waals surface area contributed by atoms with Gasteiger partial charge in [-0.05, 0) is 26.4 Å². The van der Waals surface area contributed by atoms with E-state index >= 15 is 0 Å². The average Bonchev–Trinajstić information content (AvgIpc) is 2.09. The summed E-state index contributed by atoms with van der Waals surface area (Å²) in [5.74, 6) is 0. The summed E-state index contributed by atoms with van der Waals surface area (Å²) in [6, 6.07) is 1.69. The molecular formula is C8H16N2. The van der Waals surface area contributed by atoms with Gasteiger partial charge < -0.3 is 10.2 Å². The maximum Gasteiger partial charge on any atom is 0.0351 e. The van der Waals surface area contributed by atoms with Gasteiger partial charge in [0.2, 0.25) is 0 Å². The third-order valence-corrected chi connectivity index (χ3v) is 2.85. The second kappa shape index (κ2) is 2.51. The molecule has 0 spiro atoms. The number of likely N-dealkylation sites (tertiary alicyclic amines) is 1. The van der Waals surface area contributed by atoms with E-state index in [9.17, 15) is 0 Å². The molecule has 2 nitrogen and oxygen atoms in total. The van der Waals surface area contributed by atoms with E-state index in [1.54, 1.807) is 0 Å². The fourth-order valence-electron chi connectivity index (χ4n) is 2.12. The van der Waals surface area contributed by atoms with Crippen LogP contribution in [0.25, 0.3) is 0 Å². The second-order valence-electron chi connectivity index (χ2n) is 3.56. The first-order valence-electron chi connectivity index (χ1n) is 4.31. The topological polar surface area (TPSA) is 15.3 Å². The zero-order valence-electron chi connectivity index (χ0n) is 6.64. The Hall–Kier alpha value is -0.0800. The molecule has 58 valence electrons. The molecule has 2 aliphatic rings. The predicted octanol–water partition coefficient (Wildman–Crippen LogP) is 0.442. The van der Waals surface area contributed by atoms with Crippen molar-refractivity contribution in [2.75, 3.05) is 20.1 Å². The molecule has 2 fully saturated rings. The van der Waals surface area contributed by atoms with Crippen molar-refractivity contribution in [1.82, 2.24) is 10.2 Å². The Morgan fingerprint density at radius 2 is 2.30 bits per heavy atom. The number of hydrogen-bond acceptors (Lipinski definition) is 2. The van der Waals surface area contributed by atoms with Crippen LogP contribution in [-0.2, 0) is 0 Å². The molecule has 0 saturated carbocycles. The Kier molecular flexibility index (Phi) is 1.66. The fraction of sp³-hybridized carbons (Fsp3) is 1.00. The van der Waals surface area contributed by atoms with E-state index in [0.29, 0.717) is 0 Å². The summed E-state index contributed by atoms with van der Waals surface area (Å²) >= 11 is 0. The first-order chi connectivity index (χ1) is 4.88. The molecule has 0 aromatic carbocycles. The minimum absolute atomic E-state index is 0.826. The largest absolute Gasteiger partial charge is 0.311 e. The van der Waals surface area contributed by atoms with Gasteiger partial charge in [0.25, 0.3) is 0 Å². The van der Waals surface area contributed by atoms with Crippen molar-refractivity contribution in [3.05, 3.63) is 0 Å². The van der Waals surface area contributed by atoms with Gasteiger partial charge in [-0.3, -0.25) is 0 Å². The third kappa shape index (κ3) is 0.956. The molecular weight excluding hydrogens is 124 g/mol. The minimum atomic E-state index is 0.826. The predicted molar refractivity (Wildman–Crippen MR) is 42.1 cm³/mol. The van der Waals surface area contributed by atoms with Gasteiger partial charge in [0.1, 0.15) is 0 Å². The molecule has 2 atom stereocenters. The Bertz CT molecular complexity index is 124. The van der Waals surface area contributed by atoms with Crippen molar-refractivity contribution < 1.29 is 0 Å². The second-order valence-corrected chi connectivity index (χ2v) is 3.56. The summed E-state index contributed by atoms with van der Waals surface area (Å²) < 4.78 is 0. The molecule has 2 aliphatic heterocycles. The number of fused-ring (bicyclic) bond motifs is 1. The molecule has 0 aromatic rings. The zero-order chi connectivity index (χ0) is 6.97. The van der Waals surface area contributed by atoms with Crippen LogP contribution < -0.4 is 5.32 Å². The molecule has 2 unspecified atom stereocenters. The quantitative estimate of drug-likeness (QED) is 0.525. The lowest BCUT2D eigenvalue weighted by Gasteiger charge is -2.45. The van der Waals surface area contributed by atoms with Gasteiger partial charge in [0, 0.05) is 18.6 Å². The molecule has 2 heterocycles. The van der Waals surface area contributed by atoms with Crippen LogP contribution in [0.4, 0.5) is 0 Å². The van der Waals surface area contributed by atoms with Gasteiger partial charge >= 0.3 is 0 Å². The first kappa shape index (κ1) is 6.62. The van der Waals surface area contributed by atoms with Crippen molar-refractivity contribution in [3.8, 4) is 0 Å². The van der Waals surface area contributed by atoms with Crippen LogP contribution in [0.1, 0.15) is 19.3 Å². The van der Waals surface area contributed by atoms with Crippen LogP contribution >= 0.6 is 0 Å². The van der Waals surface area contributed by atoms with Gasteiger partial charge in [-0.2, -0.15) is 0 Å². The lowest BCUT2D eigenvalue weighted by Crippen LogP contribution is -2.63. The van der Waals surface area contributed by atoms with Crippen molar-refractivity contribution in [3.63, 3.8) is 0 Å². The standard InChI is InChI=1S/C8H16N2/c1-10-6-7-8(10)4-2-3-5-9-7/h7-9H,2-6H2,1H3. The molecule has 1 N–H and O–H groups in total. The zero-order valence-corrected chi connectivity index (χ0v) is 6.64. The van der Waals surface area contributed by atoms with Crippen molar-refractivity contribution in [2.45, 2.75) is 31.3 Å². The van der Waals surface area contributed by atoms with E-state index in [4.69, 9.17) is 0 Å². The summed E-state index contributed by atoms with van der Waals surface area (Å²) in [5, 5.41) is 3.57. The Morgan fingerprint density at radius 3 is 3.10 bits per heavy atom. The molecule has 2 saturated heterocycles. The SMILES string of the molecule is CN1CC2NCCCCC21. The molecule has 0 aliphatic carbocycles. The lowest BCUT2D eigenvalue weighted by atomic mass is 9.94. The van der Waals surface area contributed by atoms with Crippen molar-refractivity contribution in [1.29, 1.82) is 0 Å². The first-order valence-corrected chi connectivity index (χ1v) is 4.31. The summed E-state index contributed by atoms with van der Waals surface area (Å²) in [6.07, 6.45) is 4.20. The fourth-order valence-corrected chi connectivity index (χ4v) is 2.12. The molecule has 0 bridgehead atoms. The van der Waals surface area contributed by atoms with E-state index in [-0.39, 0.29) is 0 Å². The third-order valence-electron chi connectivity index (χ3n) is 2.85. The number of nitrogens with one attached hydrogen (secondary N) is 1. The van der Waals surface area contributed by atoms with Gasteiger partial charge in [0.05, 0.1) is 0 Å². The smallest absolute Gasteiger partial charge is 0.0351 e. The van der Waals surface area contributed by atoms with Crippen LogP contribution in [0.5, 0.6) is 0 Å². The van der Waals surface area contributed by atoms with E-state index < -0.39 is 0 Å². The minimum Gasteiger partial charge on any atom is -0.311 e. The highest BCUT2D eigenvalue weighted by atomic mass is 15.3. The molecule has 0 radical (unpaired) electrons. The number of likely N-dealkylation sites (N-methyl/N-ethyl adjacent to an activating group) is 1. The summed E-state index contributed by atoms with van der Waals surface area (Å²) in [5.41, 5.74) is 0. The number of hydrogen-bond donors (Lipinski definition) is 1. The van der Waals surface area contributed by atoms with Gasteiger partial charge in [0.15, 0.2) is 0 Å². The molecule has 10 heavy (non-hydrogen) atoms. The monoisotopic (exact) mass is 140 g/mol. The van der Waals surface area contributed by atoms with Crippen LogP contribution in [0, 0.1) is 0 Å². The maximum atomic E-state index is 3.57. The van der Waals surface area contributed by atoms with Crippen LogP contribution in [0.3, 0.4) is 0 Å². The van der Waals surface area contributed by atoms with Crippen LogP contribution in [0.2, 0.25) is 0 Å². The van der Waals surface area contributed by atoms with E-state index in [2.05, 4.69) is 17.3 Å². The number of rotatable bonds is 0. The maximum absolute atomic E-state index is 3.57. The molecule has 2 heteroatoms. The van der Waals surface area contributed by atoms with E-state index in [0.717, 1.165) is 12.1 Å². The van der Waals surface area contributed by atoms with Crippen molar-refractivity contribution in [2.24, 2.45) is 0 Å². The van der Waals surface area contributed by atoms with Gasteiger partial charge in [-0.15, -0.1) is 0 Å². The van der Waals surface area contributed by atoms with Crippen LogP contribution in [-0.4, -0.2) is 37.1 Å². The molecule has 0 aromatic heterocycles. The van der Waals surface area contributed by atoms with Gasteiger partial charge in [-0.25, -0.2) is 0 Å². The normalized spacial score (nSPS) is 41.7. The lowest BCUT2D eigenvalue weighted by molar-refractivity contribution is 0.0729. The average molecular weight is 140 g/mol. The Morgan fingerprint density at radius 1 is 1.40 bits per heavy atom. The highest BCUT2D eigenvalue weighted by Crippen LogP contribution is 2.23. The summed E-state index contributed by atoms with van der Waals surface area (Å²) in [4.78, 5) is 2.46. The van der Waals surface area contributed by atoms with E-state index in [1.165, 1.54) is 32.4 Å². The highest BCUT2D eigenvalue weighted by Gasteiger charge is 2.35. The van der Waals surface area contributed by atoms with E-state index in [1.807, 2.05) is 0 Å². The summed E-state index contributed by atoms with van der Waals surface area (Å²) in [7, 11) is 2.23. The van der Waals surface area contributed by atoms with Crippen LogP contribution in [0.15, 0.2) is 0 Å². The summed E-state index contributed by atoms with van der Waals surface area (Å²) in [6.45, 7) is 2.51. The highest BCUT2D eigenvalue weighted by molar-refractivity contribution is 4.96. The van der Waals surface area contributed by atoms with Gasteiger partial charge in [-0.1, -0.05) is 6.42 Å². The van der Waals surface area contributed by atoms with Crippen molar-refractivity contribution >= 4 is 0 Å². The molecule has 0 amide bonds. The Balaban J connectivity index is 1.93. The Labute approximate surface area is 62.6 Å². The molecule has 2 rings (SSSR count). The number of nitrogens with zero attached hydrogens (tertiary/aromatic N) is 1.